The van der Waals surface area contributed by atoms with Crippen molar-refractivity contribution in [2.24, 2.45) is 0 Å². The number of halogens is 1. The first kappa shape index (κ1) is 26.9. The maximum absolute atomic E-state index is 14.5. The van der Waals surface area contributed by atoms with Crippen molar-refractivity contribution in [1.82, 2.24) is 9.78 Å². The minimum absolute atomic E-state index is 0.000310. The van der Waals surface area contributed by atoms with Gasteiger partial charge < -0.3 is 18.9 Å². The minimum atomic E-state index is -1.21. The summed E-state index contributed by atoms with van der Waals surface area (Å²) in [5.74, 6) is -0.805. The highest BCUT2D eigenvalue weighted by Crippen LogP contribution is 2.33. The first-order chi connectivity index (χ1) is 15.3. The summed E-state index contributed by atoms with van der Waals surface area (Å²) in [7, 11) is 1.75. The first-order valence-corrected chi connectivity index (χ1v) is 14.8. The summed E-state index contributed by atoms with van der Waals surface area (Å²) < 4.78 is 37.9. The van der Waals surface area contributed by atoms with Gasteiger partial charge in [0.05, 0.1) is 26.3 Å². The van der Waals surface area contributed by atoms with Crippen molar-refractivity contribution in [3.63, 3.8) is 0 Å². The molecule has 0 aliphatic heterocycles. The van der Waals surface area contributed by atoms with Crippen LogP contribution < -0.4 is 9.47 Å². The zero-order chi connectivity index (χ0) is 24.8. The number of esters is 1. The van der Waals surface area contributed by atoms with Crippen molar-refractivity contribution in [1.29, 1.82) is 0 Å². The number of carbonyl (C=O) groups is 1. The van der Waals surface area contributed by atoms with Crippen LogP contribution in [0.15, 0.2) is 24.3 Å². The highest BCUT2D eigenvalue weighted by atomic mass is 28.3. The van der Waals surface area contributed by atoms with E-state index in [1.807, 2.05) is 20.8 Å². The van der Waals surface area contributed by atoms with Crippen LogP contribution in [0.3, 0.4) is 0 Å². The third-order valence-electron chi connectivity index (χ3n) is 4.91. The molecular weight excluding hydrogens is 443 g/mol. The van der Waals surface area contributed by atoms with Gasteiger partial charge in [0.1, 0.15) is 12.3 Å². The highest BCUT2D eigenvalue weighted by Gasteiger charge is 2.27. The maximum atomic E-state index is 14.5. The van der Waals surface area contributed by atoms with Crippen molar-refractivity contribution in [2.75, 3.05) is 20.8 Å². The second kappa shape index (κ2) is 11.2. The number of nitrogens with zero attached hydrogens (tertiary/aromatic N) is 2. The monoisotopic (exact) mass is 480 g/mol. The molecule has 0 fully saturated rings. The Morgan fingerprint density at radius 2 is 1.85 bits per heavy atom. The molecule has 184 valence electrons. The van der Waals surface area contributed by atoms with Gasteiger partial charge in [-0.2, -0.15) is 5.10 Å². The van der Waals surface area contributed by atoms with Crippen molar-refractivity contribution < 1.29 is 28.1 Å². The molecule has 1 atom stereocenters. The van der Waals surface area contributed by atoms with E-state index in [2.05, 4.69) is 24.7 Å². The molecule has 0 aliphatic rings. The predicted octanol–water partition coefficient (Wildman–Crippen LogP) is 5.22. The van der Waals surface area contributed by atoms with Crippen LogP contribution in [0, 0.1) is 5.82 Å². The molecule has 2 rings (SSSR count). The van der Waals surface area contributed by atoms with Crippen molar-refractivity contribution in [2.45, 2.75) is 71.1 Å². The lowest BCUT2D eigenvalue weighted by atomic mass is 9.92. The smallest absolute Gasteiger partial charge is 0.307 e. The number of methoxy groups -OCH3 is 2. The highest BCUT2D eigenvalue weighted by molar-refractivity contribution is 6.76. The average molecular weight is 481 g/mol. The Kier molecular flexibility index (Phi) is 9.08. The number of hydrogen-bond donors (Lipinski definition) is 0. The fraction of sp³-hybridized carbons (Fsp3) is 0.583. The van der Waals surface area contributed by atoms with E-state index >= 15 is 0 Å². The van der Waals surface area contributed by atoms with Crippen LogP contribution in [-0.2, 0) is 21.0 Å². The lowest BCUT2D eigenvalue weighted by Crippen LogP contribution is -2.25. The van der Waals surface area contributed by atoms with E-state index in [-0.39, 0.29) is 18.9 Å². The summed E-state index contributed by atoms with van der Waals surface area (Å²) >= 11 is 0. The van der Waals surface area contributed by atoms with Gasteiger partial charge in [0, 0.05) is 26.7 Å². The molecule has 1 unspecified atom stereocenters. The van der Waals surface area contributed by atoms with Crippen LogP contribution in [0.4, 0.5) is 4.39 Å². The van der Waals surface area contributed by atoms with Gasteiger partial charge in [-0.15, -0.1) is 0 Å². The molecule has 7 nitrogen and oxygen atoms in total. The number of hydrogen-bond acceptors (Lipinski definition) is 6. The Balaban J connectivity index is 2.32. The second-order valence-electron chi connectivity index (χ2n) is 10.2. The second-order valence-corrected chi connectivity index (χ2v) is 15.8. The number of ether oxygens (including phenoxy) is 4. The summed E-state index contributed by atoms with van der Waals surface area (Å²) in [5, 5.41) is 4.63. The molecule has 1 aromatic carbocycles. The normalized spacial score (nSPS) is 13.0. The Morgan fingerprint density at radius 1 is 1.15 bits per heavy atom. The Morgan fingerprint density at radius 3 is 2.39 bits per heavy atom. The minimum Gasteiger partial charge on any atom is -0.494 e. The van der Waals surface area contributed by atoms with E-state index in [0.29, 0.717) is 23.7 Å². The lowest BCUT2D eigenvalue weighted by Gasteiger charge is -2.22. The zero-order valence-corrected chi connectivity index (χ0v) is 22.0. The van der Waals surface area contributed by atoms with Crippen LogP contribution in [0.25, 0.3) is 0 Å². The third-order valence-corrected chi connectivity index (χ3v) is 6.61. The summed E-state index contributed by atoms with van der Waals surface area (Å²) in [6, 6.07) is 7.42. The van der Waals surface area contributed by atoms with Gasteiger partial charge in [-0.1, -0.05) is 25.7 Å². The molecule has 0 aliphatic carbocycles. The molecule has 33 heavy (non-hydrogen) atoms. The predicted molar refractivity (Wildman–Crippen MR) is 128 cm³/mol. The van der Waals surface area contributed by atoms with Crippen LogP contribution in [0.1, 0.15) is 44.4 Å². The third kappa shape index (κ3) is 8.47. The summed E-state index contributed by atoms with van der Waals surface area (Å²) in [6.07, 6.45) is -0.000310. The van der Waals surface area contributed by atoms with Crippen molar-refractivity contribution >= 4 is 14.0 Å². The average Bonchev–Trinajstić information content (AvgIpc) is 3.10. The van der Waals surface area contributed by atoms with Crippen LogP contribution >= 0.6 is 0 Å². The fourth-order valence-electron chi connectivity index (χ4n) is 3.22. The molecule has 1 aromatic heterocycles. The molecule has 0 saturated carbocycles. The SMILES string of the molecule is COc1ccc(C(CC(=O)OC(C)(C)C)c2cc(OC)n(COCC[Si](C)(C)C)n2)cc1F. The summed E-state index contributed by atoms with van der Waals surface area (Å²) in [5.41, 5.74) is 0.524. The Bertz CT molecular complexity index is 934. The van der Waals surface area contributed by atoms with Gasteiger partial charge in [0.25, 0.3) is 0 Å². The van der Waals surface area contributed by atoms with Gasteiger partial charge in [0.15, 0.2) is 11.6 Å². The number of rotatable bonds is 11. The lowest BCUT2D eigenvalue weighted by molar-refractivity contribution is -0.155. The van der Waals surface area contributed by atoms with Gasteiger partial charge in [0.2, 0.25) is 5.88 Å². The summed E-state index contributed by atoms with van der Waals surface area (Å²) in [6.45, 7) is 13.2. The van der Waals surface area contributed by atoms with Crippen LogP contribution in [0.2, 0.25) is 25.7 Å². The molecule has 0 amide bonds. The van der Waals surface area contributed by atoms with Crippen LogP contribution in [0.5, 0.6) is 11.6 Å². The standard InChI is InChI=1S/C24H37FN2O5Si/c1-24(2,3)32-23(28)14-18(17-9-10-21(29-4)19(25)13-17)20-15-22(30-5)27(26-20)16-31-11-12-33(6,7)8/h9-10,13,15,18H,11-12,14,16H2,1-8H3. The maximum Gasteiger partial charge on any atom is 0.307 e. The van der Waals surface area contributed by atoms with Gasteiger partial charge in [-0.05, 0) is 44.5 Å². The first-order valence-electron chi connectivity index (χ1n) is 11.1. The van der Waals surface area contributed by atoms with E-state index in [1.54, 1.807) is 30.0 Å². The van der Waals surface area contributed by atoms with Gasteiger partial charge in [-0.25, -0.2) is 9.07 Å². The van der Waals surface area contributed by atoms with Crippen LogP contribution in [-0.4, -0.2) is 50.3 Å². The van der Waals surface area contributed by atoms with E-state index in [9.17, 15) is 9.18 Å². The molecule has 9 heteroatoms. The van der Waals surface area contributed by atoms with Crippen molar-refractivity contribution in [3.05, 3.63) is 41.3 Å². The zero-order valence-electron chi connectivity index (χ0n) is 21.0. The molecular formula is C24H37FN2O5Si. The van der Waals surface area contributed by atoms with Gasteiger partial charge >= 0.3 is 5.97 Å². The fourth-order valence-corrected chi connectivity index (χ4v) is 3.97. The Hall–Kier alpha value is -2.39. The molecule has 0 bridgehead atoms. The molecule has 0 N–H and O–H groups in total. The van der Waals surface area contributed by atoms with E-state index in [0.717, 1.165) is 6.04 Å². The summed E-state index contributed by atoms with van der Waals surface area (Å²) in [4.78, 5) is 12.7. The number of carbonyl (C=O) groups excluding carboxylic acids is 1. The largest absolute Gasteiger partial charge is 0.494 e. The van der Waals surface area contributed by atoms with E-state index < -0.39 is 31.4 Å². The molecule has 1 heterocycles. The quantitative estimate of drug-likeness (QED) is 0.250. The number of aromatic nitrogens is 2. The van der Waals surface area contributed by atoms with E-state index in [4.69, 9.17) is 18.9 Å². The molecule has 0 radical (unpaired) electrons. The Labute approximate surface area is 197 Å². The van der Waals surface area contributed by atoms with Gasteiger partial charge in [-0.3, -0.25) is 4.79 Å². The van der Waals surface area contributed by atoms with E-state index in [1.165, 1.54) is 13.2 Å². The number of benzene rings is 1. The van der Waals surface area contributed by atoms with Crippen molar-refractivity contribution in [3.8, 4) is 11.6 Å². The molecule has 0 saturated heterocycles. The molecule has 2 aromatic rings. The topological polar surface area (TPSA) is 71.8 Å². The molecule has 0 spiro atoms.